The fourth-order valence-electron chi connectivity index (χ4n) is 4.06. The lowest BCUT2D eigenvalue weighted by atomic mass is 9.92. The van der Waals surface area contributed by atoms with Crippen molar-refractivity contribution in [1.29, 1.82) is 0 Å². The Labute approximate surface area is 238 Å². The van der Waals surface area contributed by atoms with Crippen molar-refractivity contribution in [2.75, 3.05) is 64.4 Å². The summed E-state index contributed by atoms with van der Waals surface area (Å²) in [7, 11) is -8.11. The third-order valence-corrected chi connectivity index (χ3v) is 7.91. The summed E-state index contributed by atoms with van der Waals surface area (Å²) < 4.78 is 85.7. The summed E-state index contributed by atoms with van der Waals surface area (Å²) in [5.74, 6) is -0.760. The largest absolute Gasteiger partial charge is 0.381 e. The summed E-state index contributed by atoms with van der Waals surface area (Å²) in [6.45, 7) is 6.86. The van der Waals surface area contributed by atoms with Crippen LogP contribution >= 0.6 is 0 Å². The summed E-state index contributed by atoms with van der Waals surface area (Å²) in [6.07, 6.45) is 14.1. The topological polar surface area (TPSA) is 146 Å². The zero-order valence-corrected chi connectivity index (χ0v) is 26.1. The molecule has 0 saturated heterocycles. The van der Waals surface area contributed by atoms with E-state index < -0.39 is 25.7 Å². The lowest BCUT2D eigenvalue weighted by Gasteiger charge is -2.33. The Morgan fingerprint density at radius 1 is 0.462 bits per heavy atom. The van der Waals surface area contributed by atoms with E-state index in [4.69, 9.17) is 28.1 Å². The highest BCUT2D eigenvalue weighted by Crippen LogP contribution is 2.22. The van der Waals surface area contributed by atoms with Crippen molar-refractivity contribution in [1.82, 2.24) is 0 Å². The first-order valence-electron chi connectivity index (χ1n) is 14.7. The molecule has 236 valence electrons. The molecule has 0 aliphatic heterocycles. The fraction of sp³-hybridized carbons (Fsp3) is 1.00. The van der Waals surface area contributed by atoms with Gasteiger partial charge in [-0.05, 0) is 25.7 Å². The summed E-state index contributed by atoms with van der Waals surface area (Å²) >= 11 is 0. The van der Waals surface area contributed by atoms with Crippen molar-refractivity contribution in [3.63, 3.8) is 0 Å². The Morgan fingerprint density at radius 3 is 1.05 bits per heavy atom. The summed E-state index contributed by atoms with van der Waals surface area (Å²) in [5.41, 5.74) is -0.666. The van der Waals surface area contributed by atoms with E-state index in [9.17, 15) is 16.8 Å². The Balaban J connectivity index is 4.99. The standard InChI is InChI=1S/C27H56O10S2/c1-3-5-7-9-11-13-17-34-23-27(25-36-19-15-21-38(28,29)30,26-37-20-16-22-39(31,32)33)24-35-18-14-12-10-8-6-4-2/h3-26H2,1-2H3,(H,28,29,30)(H,31,32,33). The van der Waals surface area contributed by atoms with E-state index in [0.717, 1.165) is 25.7 Å². The van der Waals surface area contributed by atoms with Crippen molar-refractivity contribution in [2.45, 2.75) is 104 Å². The monoisotopic (exact) mass is 604 g/mol. The van der Waals surface area contributed by atoms with Crippen molar-refractivity contribution in [2.24, 2.45) is 5.41 Å². The number of hydrogen-bond donors (Lipinski definition) is 2. The highest BCUT2D eigenvalue weighted by Gasteiger charge is 2.32. The minimum absolute atomic E-state index is 0.138. The van der Waals surface area contributed by atoms with Crippen LogP contribution < -0.4 is 0 Å². The van der Waals surface area contributed by atoms with Gasteiger partial charge in [-0.3, -0.25) is 9.11 Å². The van der Waals surface area contributed by atoms with Gasteiger partial charge in [-0.25, -0.2) is 0 Å². The minimum atomic E-state index is -4.05. The molecule has 2 N–H and O–H groups in total. The smallest absolute Gasteiger partial charge is 0.264 e. The lowest BCUT2D eigenvalue weighted by Crippen LogP contribution is -2.42. The van der Waals surface area contributed by atoms with Gasteiger partial charge >= 0.3 is 0 Å². The molecule has 0 aliphatic carbocycles. The van der Waals surface area contributed by atoms with Crippen molar-refractivity contribution < 1.29 is 44.9 Å². The van der Waals surface area contributed by atoms with Crippen LogP contribution in [0.25, 0.3) is 0 Å². The second kappa shape index (κ2) is 24.3. The van der Waals surface area contributed by atoms with Gasteiger partial charge in [0.15, 0.2) is 0 Å². The van der Waals surface area contributed by atoms with E-state index in [1.54, 1.807) is 0 Å². The molecule has 39 heavy (non-hydrogen) atoms. The van der Waals surface area contributed by atoms with Crippen LogP contribution in [-0.2, 0) is 39.2 Å². The zero-order chi connectivity index (χ0) is 29.3. The molecule has 0 aliphatic rings. The number of rotatable bonds is 30. The van der Waals surface area contributed by atoms with E-state index in [1.165, 1.54) is 51.4 Å². The maximum atomic E-state index is 11.0. The van der Waals surface area contributed by atoms with Crippen molar-refractivity contribution in [3.8, 4) is 0 Å². The Bertz CT molecular complexity index is 693. The molecule has 10 nitrogen and oxygen atoms in total. The molecule has 0 atom stereocenters. The fourth-order valence-corrected chi connectivity index (χ4v) is 5.03. The third-order valence-electron chi connectivity index (χ3n) is 6.30. The predicted molar refractivity (Wildman–Crippen MR) is 155 cm³/mol. The van der Waals surface area contributed by atoms with Gasteiger partial charge < -0.3 is 18.9 Å². The second-order valence-electron chi connectivity index (χ2n) is 10.5. The molecule has 0 unspecified atom stereocenters. The molecule has 0 aromatic carbocycles. The average Bonchev–Trinajstić information content (AvgIpc) is 2.85. The van der Waals surface area contributed by atoms with Crippen LogP contribution in [0, 0.1) is 5.41 Å². The van der Waals surface area contributed by atoms with E-state index in [1.807, 2.05) is 0 Å². The molecule has 0 radical (unpaired) electrons. The van der Waals surface area contributed by atoms with Gasteiger partial charge in [0.2, 0.25) is 0 Å². The Morgan fingerprint density at radius 2 is 0.744 bits per heavy atom. The van der Waals surface area contributed by atoms with Crippen molar-refractivity contribution >= 4 is 20.2 Å². The average molecular weight is 605 g/mol. The van der Waals surface area contributed by atoms with Crippen molar-refractivity contribution in [3.05, 3.63) is 0 Å². The molecule has 0 amide bonds. The first-order chi connectivity index (χ1) is 18.5. The highest BCUT2D eigenvalue weighted by molar-refractivity contribution is 7.86. The molecule has 0 saturated carbocycles. The predicted octanol–water partition coefficient (Wildman–Crippen LogP) is 5.32. The van der Waals surface area contributed by atoms with Gasteiger partial charge in [0.25, 0.3) is 20.2 Å². The molecular formula is C27H56O10S2. The quantitative estimate of drug-likeness (QED) is 0.0816. The van der Waals surface area contributed by atoms with Gasteiger partial charge in [0.1, 0.15) is 0 Å². The molecule has 0 bridgehead atoms. The molecule has 12 heteroatoms. The minimum Gasteiger partial charge on any atom is -0.381 e. The molecule has 0 rings (SSSR count). The van der Waals surface area contributed by atoms with Crippen LogP contribution in [0.3, 0.4) is 0 Å². The molecule has 0 aromatic heterocycles. The van der Waals surface area contributed by atoms with Crippen LogP contribution in [-0.4, -0.2) is 90.3 Å². The van der Waals surface area contributed by atoms with Crippen LogP contribution in [0.15, 0.2) is 0 Å². The molecule has 0 heterocycles. The van der Waals surface area contributed by atoms with Crippen LogP contribution in [0.1, 0.15) is 104 Å². The first kappa shape index (κ1) is 38.7. The lowest BCUT2D eigenvalue weighted by molar-refractivity contribution is -0.107. The Hall–Kier alpha value is -0.340. The summed E-state index contributed by atoms with van der Waals surface area (Å²) in [5, 5.41) is 0. The Kier molecular flexibility index (Phi) is 24.1. The van der Waals surface area contributed by atoms with Gasteiger partial charge in [-0.1, -0.05) is 78.1 Å². The number of unbranched alkanes of at least 4 members (excludes halogenated alkanes) is 10. The normalized spacial score (nSPS) is 12.8. The molecule has 0 aromatic rings. The molecule has 0 fully saturated rings. The van der Waals surface area contributed by atoms with Crippen LogP contribution in [0.4, 0.5) is 0 Å². The maximum Gasteiger partial charge on any atom is 0.264 e. The number of ether oxygens (including phenoxy) is 4. The van der Waals surface area contributed by atoms with Gasteiger partial charge in [0.05, 0.1) is 43.3 Å². The molecular weight excluding hydrogens is 548 g/mol. The van der Waals surface area contributed by atoms with Gasteiger partial charge in [-0.15, -0.1) is 0 Å². The SMILES string of the molecule is CCCCCCCCOCC(COCCCCCCCC)(COCCCS(=O)(=O)O)COCCCS(=O)(=O)O. The summed E-state index contributed by atoms with van der Waals surface area (Å²) in [4.78, 5) is 0. The van der Waals surface area contributed by atoms with E-state index in [2.05, 4.69) is 13.8 Å². The number of hydrogen-bond acceptors (Lipinski definition) is 8. The summed E-state index contributed by atoms with van der Waals surface area (Å²) in [6, 6.07) is 0. The zero-order valence-electron chi connectivity index (χ0n) is 24.4. The maximum absolute atomic E-state index is 11.0. The molecule has 0 spiro atoms. The highest BCUT2D eigenvalue weighted by atomic mass is 32.2. The van der Waals surface area contributed by atoms with E-state index in [-0.39, 0.29) is 50.8 Å². The van der Waals surface area contributed by atoms with E-state index >= 15 is 0 Å². The second-order valence-corrected chi connectivity index (χ2v) is 13.7. The third kappa shape index (κ3) is 27.6. The van der Waals surface area contributed by atoms with E-state index in [0.29, 0.717) is 26.4 Å². The van der Waals surface area contributed by atoms with Gasteiger partial charge in [0, 0.05) is 26.4 Å². The van der Waals surface area contributed by atoms with Crippen LogP contribution in [0.5, 0.6) is 0 Å². The van der Waals surface area contributed by atoms with Gasteiger partial charge in [-0.2, -0.15) is 16.8 Å². The first-order valence-corrected chi connectivity index (χ1v) is 18.0. The van der Waals surface area contributed by atoms with Crippen LogP contribution in [0.2, 0.25) is 0 Å².